The second-order valence-electron chi connectivity index (χ2n) is 4.38. The van der Waals surface area contributed by atoms with Gasteiger partial charge in [0.05, 0.1) is 5.69 Å². The zero-order valence-corrected chi connectivity index (χ0v) is 10.1. The molecule has 0 amide bonds. The molecule has 1 unspecified atom stereocenters. The molecule has 86 valence electrons. The Balaban J connectivity index is 2.06. The number of nitrogens with zero attached hydrogens (tertiary/aromatic N) is 1. The largest absolute Gasteiger partial charge is 0.469 e. The minimum absolute atomic E-state index is 0.121. The normalized spacial score (nSPS) is 17.8. The van der Waals surface area contributed by atoms with E-state index in [1.54, 1.807) is 0 Å². The van der Waals surface area contributed by atoms with Gasteiger partial charge in [-0.25, -0.2) is 0 Å². The standard InChI is InChI=1S/C15H15NO/c1-11-16(2)14-10-13(8-9-15(14)17-11)12-6-4-3-5-7-12/h3-11H,1-2H3. The summed E-state index contributed by atoms with van der Waals surface area (Å²) >= 11 is 0. The van der Waals surface area contributed by atoms with Gasteiger partial charge in [0.15, 0.2) is 6.23 Å². The molecule has 2 aromatic carbocycles. The van der Waals surface area contributed by atoms with Crippen molar-refractivity contribution in [1.82, 2.24) is 0 Å². The van der Waals surface area contributed by atoms with Crippen molar-refractivity contribution in [3.05, 3.63) is 48.5 Å². The van der Waals surface area contributed by atoms with Gasteiger partial charge in [-0.15, -0.1) is 0 Å². The summed E-state index contributed by atoms with van der Waals surface area (Å²) in [6.07, 6.45) is 0.121. The lowest BCUT2D eigenvalue weighted by atomic mass is 10.0. The Labute approximate surface area is 101 Å². The van der Waals surface area contributed by atoms with Crippen LogP contribution in [0.15, 0.2) is 48.5 Å². The van der Waals surface area contributed by atoms with Crippen LogP contribution in [0, 0.1) is 0 Å². The monoisotopic (exact) mass is 225 g/mol. The number of rotatable bonds is 1. The zero-order valence-electron chi connectivity index (χ0n) is 10.1. The third-order valence-corrected chi connectivity index (χ3v) is 3.29. The molecular weight excluding hydrogens is 210 g/mol. The molecule has 1 aliphatic heterocycles. The number of fused-ring (bicyclic) bond motifs is 1. The lowest BCUT2D eigenvalue weighted by molar-refractivity contribution is 0.251. The maximum Gasteiger partial charge on any atom is 0.169 e. The molecule has 0 radical (unpaired) electrons. The molecule has 0 bridgehead atoms. The Hall–Kier alpha value is -1.96. The van der Waals surface area contributed by atoms with Crippen LogP contribution in [0.2, 0.25) is 0 Å². The van der Waals surface area contributed by atoms with Crippen molar-refractivity contribution in [1.29, 1.82) is 0 Å². The van der Waals surface area contributed by atoms with Crippen LogP contribution in [0.4, 0.5) is 5.69 Å². The van der Waals surface area contributed by atoms with Gasteiger partial charge in [0.2, 0.25) is 0 Å². The maximum atomic E-state index is 5.74. The van der Waals surface area contributed by atoms with Crippen LogP contribution in [0.1, 0.15) is 6.92 Å². The summed E-state index contributed by atoms with van der Waals surface area (Å²) in [5.74, 6) is 0.972. The second kappa shape index (κ2) is 3.81. The van der Waals surface area contributed by atoms with Crippen molar-refractivity contribution in [2.45, 2.75) is 13.2 Å². The van der Waals surface area contributed by atoms with Gasteiger partial charge >= 0.3 is 0 Å². The zero-order chi connectivity index (χ0) is 11.8. The van der Waals surface area contributed by atoms with Crippen molar-refractivity contribution in [2.75, 3.05) is 11.9 Å². The van der Waals surface area contributed by atoms with Crippen molar-refractivity contribution >= 4 is 5.69 Å². The topological polar surface area (TPSA) is 12.5 Å². The Morgan fingerprint density at radius 2 is 1.76 bits per heavy atom. The van der Waals surface area contributed by atoms with E-state index < -0.39 is 0 Å². The van der Waals surface area contributed by atoms with Gasteiger partial charge in [0, 0.05) is 7.05 Å². The van der Waals surface area contributed by atoms with E-state index >= 15 is 0 Å². The van der Waals surface area contributed by atoms with Crippen LogP contribution in [0.5, 0.6) is 5.75 Å². The van der Waals surface area contributed by atoms with E-state index in [0.29, 0.717) is 0 Å². The average Bonchev–Trinajstić information content (AvgIpc) is 2.66. The summed E-state index contributed by atoms with van der Waals surface area (Å²) < 4.78 is 5.74. The highest BCUT2D eigenvalue weighted by Gasteiger charge is 2.24. The van der Waals surface area contributed by atoms with Gasteiger partial charge in [-0.05, 0) is 30.2 Å². The Bertz CT molecular complexity index is 536. The first-order valence-corrected chi connectivity index (χ1v) is 5.84. The lowest BCUT2D eigenvalue weighted by Crippen LogP contribution is -2.27. The minimum Gasteiger partial charge on any atom is -0.469 e. The van der Waals surface area contributed by atoms with Crippen LogP contribution >= 0.6 is 0 Å². The number of hydrogen-bond acceptors (Lipinski definition) is 2. The fourth-order valence-corrected chi connectivity index (χ4v) is 2.16. The molecule has 0 saturated carbocycles. The van der Waals surface area contributed by atoms with Gasteiger partial charge in [-0.3, -0.25) is 0 Å². The highest BCUT2D eigenvalue weighted by molar-refractivity contribution is 5.73. The van der Waals surface area contributed by atoms with Crippen molar-refractivity contribution in [2.24, 2.45) is 0 Å². The van der Waals surface area contributed by atoms with Gasteiger partial charge in [0.1, 0.15) is 5.75 Å². The molecule has 0 fully saturated rings. The number of benzene rings is 2. The van der Waals surface area contributed by atoms with E-state index in [2.05, 4.69) is 61.3 Å². The fraction of sp³-hybridized carbons (Fsp3) is 0.200. The molecule has 2 nitrogen and oxygen atoms in total. The summed E-state index contributed by atoms with van der Waals surface area (Å²) in [6.45, 7) is 2.06. The summed E-state index contributed by atoms with van der Waals surface area (Å²) in [7, 11) is 2.06. The Morgan fingerprint density at radius 3 is 2.53 bits per heavy atom. The van der Waals surface area contributed by atoms with Crippen molar-refractivity contribution < 1.29 is 4.74 Å². The molecule has 3 rings (SSSR count). The molecule has 1 heterocycles. The molecule has 0 aliphatic carbocycles. The maximum absolute atomic E-state index is 5.74. The van der Waals surface area contributed by atoms with Gasteiger partial charge < -0.3 is 9.64 Å². The Kier molecular flexibility index (Phi) is 2.29. The minimum atomic E-state index is 0.121. The van der Waals surface area contributed by atoms with E-state index in [4.69, 9.17) is 4.74 Å². The Morgan fingerprint density at radius 1 is 1.00 bits per heavy atom. The summed E-state index contributed by atoms with van der Waals surface area (Å²) in [6, 6.07) is 16.8. The molecule has 0 spiro atoms. The molecule has 0 saturated heterocycles. The van der Waals surface area contributed by atoms with Crippen LogP contribution in [0.25, 0.3) is 11.1 Å². The number of anilines is 1. The van der Waals surface area contributed by atoms with E-state index in [-0.39, 0.29) is 6.23 Å². The second-order valence-corrected chi connectivity index (χ2v) is 4.38. The molecule has 0 aromatic heterocycles. The molecule has 2 heteroatoms. The van der Waals surface area contributed by atoms with Crippen LogP contribution in [-0.4, -0.2) is 13.3 Å². The van der Waals surface area contributed by atoms with Gasteiger partial charge in [-0.2, -0.15) is 0 Å². The van der Waals surface area contributed by atoms with E-state index in [9.17, 15) is 0 Å². The van der Waals surface area contributed by atoms with Crippen LogP contribution in [-0.2, 0) is 0 Å². The van der Waals surface area contributed by atoms with E-state index in [0.717, 1.165) is 5.75 Å². The summed E-state index contributed by atoms with van der Waals surface area (Å²) in [5.41, 5.74) is 3.64. The fourth-order valence-electron chi connectivity index (χ4n) is 2.16. The lowest BCUT2D eigenvalue weighted by Gasteiger charge is -2.15. The first-order chi connectivity index (χ1) is 8.25. The number of hydrogen-bond donors (Lipinski definition) is 0. The molecule has 0 N–H and O–H groups in total. The summed E-state index contributed by atoms with van der Waals surface area (Å²) in [4.78, 5) is 2.15. The van der Waals surface area contributed by atoms with Gasteiger partial charge in [-0.1, -0.05) is 36.4 Å². The SMILES string of the molecule is CC1Oc2ccc(-c3ccccc3)cc2N1C. The molecular formula is C15H15NO. The third kappa shape index (κ3) is 1.66. The van der Waals surface area contributed by atoms with Crippen LogP contribution < -0.4 is 9.64 Å². The highest BCUT2D eigenvalue weighted by Crippen LogP contribution is 2.38. The highest BCUT2D eigenvalue weighted by atomic mass is 16.5. The quantitative estimate of drug-likeness (QED) is 0.736. The van der Waals surface area contributed by atoms with Crippen molar-refractivity contribution in [3.8, 4) is 16.9 Å². The van der Waals surface area contributed by atoms with Gasteiger partial charge in [0.25, 0.3) is 0 Å². The van der Waals surface area contributed by atoms with Crippen LogP contribution in [0.3, 0.4) is 0 Å². The molecule has 17 heavy (non-hydrogen) atoms. The third-order valence-electron chi connectivity index (χ3n) is 3.29. The first-order valence-electron chi connectivity index (χ1n) is 5.84. The molecule has 1 atom stereocenters. The molecule has 1 aliphatic rings. The van der Waals surface area contributed by atoms with E-state index in [1.807, 2.05) is 6.07 Å². The first kappa shape index (κ1) is 10.2. The predicted octanol–water partition coefficient (Wildman–Crippen LogP) is 3.53. The molecule has 2 aromatic rings. The number of ether oxygens (including phenoxy) is 1. The predicted molar refractivity (Wildman–Crippen MR) is 70.4 cm³/mol. The van der Waals surface area contributed by atoms with Crippen molar-refractivity contribution in [3.63, 3.8) is 0 Å². The van der Waals surface area contributed by atoms with E-state index in [1.165, 1.54) is 16.8 Å². The smallest absolute Gasteiger partial charge is 0.169 e. The summed E-state index contributed by atoms with van der Waals surface area (Å²) in [5, 5.41) is 0. The average molecular weight is 225 g/mol.